The van der Waals surface area contributed by atoms with Crippen molar-refractivity contribution < 1.29 is 23.5 Å². The van der Waals surface area contributed by atoms with Gasteiger partial charge in [-0.05, 0) is 42.5 Å². The maximum Gasteiger partial charge on any atom is 0.251 e. The normalized spacial score (nSPS) is 10.1. The highest BCUT2D eigenvalue weighted by atomic mass is 35.5. The highest BCUT2D eigenvalue weighted by molar-refractivity contribution is 6.31. The van der Waals surface area contributed by atoms with E-state index >= 15 is 0 Å². The summed E-state index contributed by atoms with van der Waals surface area (Å²) >= 11 is 5.91. The second-order valence-corrected chi connectivity index (χ2v) is 6.27. The fraction of sp³-hybridized carbons (Fsp3) is 0.211. The molecule has 148 valence electrons. The Morgan fingerprint density at radius 1 is 1.14 bits per heavy atom. The van der Waals surface area contributed by atoms with E-state index in [0.717, 1.165) is 17.0 Å². The zero-order valence-corrected chi connectivity index (χ0v) is 16.0. The lowest BCUT2D eigenvalue weighted by Gasteiger charge is -2.18. The minimum Gasteiger partial charge on any atom is -0.495 e. The number of methoxy groups -OCH3 is 1. The quantitative estimate of drug-likeness (QED) is 0.737. The van der Waals surface area contributed by atoms with Gasteiger partial charge in [0.1, 0.15) is 11.6 Å². The van der Waals surface area contributed by atoms with Gasteiger partial charge >= 0.3 is 0 Å². The number of carbonyl (C=O) groups excluding carboxylic acids is 3. The highest BCUT2D eigenvalue weighted by Crippen LogP contribution is 2.27. The molecule has 0 spiro atoms. The molecule has 0 saturated carbocycles. The number of carbonyl (C=O) groups is 3. The number of likely N-dealkylation sites (N-methyl/N-ethyl adjacent to an activating group) is 1. The monoisotopic (exact) mass is 407 g/mol. The van der Waals surface area contributed by atoms with E-state index in [1.165, 1.54) is 32.4 Å². The van der Waals surface area contributed by atoms with Crippen molar-refractivity contribution >= 4 is 35.0 Å². The van der Waals surface area contributed by atoms with E-state index in [1.807, 2.05) is 0 Å². The van der Waals surface area contributed by atoms with Crippen molar-refractivity contribution in [2.45, 2.75) is 0 Å². The van der Waals surface area contributed by atoms with Crippen LogP contribution in [-0.4, -0.2) is 49.9 Å². The number of benzene rings is 2. The fourth-order valence-corrected chi connectivity index (χ4v) is 2.44. The predicted octanol–water partition coefficient (Wildman–Crippen LogP) is 2.31. The molecule has 0 fully saturated rings. The number of ether oxygens (including phenoxy) is 1. The van der Waals surface area contributed by atoms with Crippen molar-refractivity contribution in [2.75, 3.05) is 32.6 Å². The average molecular weight is 408 g/mol. The molecule has 2 aromatic carbocycles. The molecule has 28 heavy (non-hydrogen) atoms. The van der Waals surface area contributed by atoms with Crippen LogP contribution in [0.2, 0.25) is 5.02 Å². The molecule has 2 aromatic rings. The summed E-state index contributed by atoms with van der Waals surface area (Å²) in [6, 6.07) is 9.68. The molecule has 7 nitrogen and oxygen atoms in total. The summed E-state index contributed by atoms with van der Waals surface area (Å²) in [6.07, 6.45) is 0. The molecular weight excluding hydrogens is 389 g/mol. The van der Waals surface area contributed by atoms with Crippen molar-refractivity contribution in [1.82, 2.24) is 10.2 Å². The van der Waals surface area contributed by atoms with E-state index in [4.69, 9.17) is 16.3 Å². The van der Waals surface area contributed by atoms with Crippen LogP contribution in [-0.2, 0) is 9.59 Å². The largest absolute Gasteiger partial charge is 0.495 e. The fourth-order valence-electron chi connectivity index (χ4n) is 2.27. The molecule has 0 aliphatic rings. The first-order chi connectivity index (χ1) is 13.3. The Kier molecular flexibility index (Phi) is 7.34. The van der Waals surface area contributed by atoms with Crippen molar-refractivity contribution in [3.05, 3.63) is 58.9 Å². The number of nitrogens with one attached hydrogen (secondary N) is 2. The Labute approximate surface area is 166 Å². The first-order valence-electron chi connectivity index (χ1n) is 8.21. The molecule has 0 atom stereocenters. The van der Waals surface area contributed by atoms with Crippen LogP contribution in [0.5, 0.6) is 5.75 Å². The summed E-state index contributed by atoms with van der Waals surface area (Å²) in [4.78, 5) is 37.4. The first kappa shape index (κ1) is 21.2. The van der Waals surface area contributed by atoms with E-state index < -0.39 is 23.5 Å². The molecule has 0 radical (unpaired) electrons. The van der Waals surface area contributed by atoms with Crippen LogP contribution in [0.1, 0.15) is 10.4 Å². The highest BCUT2D eigenvalue weighted by Gasteiger charge is 2.16. The third kappa shape index (κ3) is 5.95. The Bertz CT molecular complexity index is 874. The van der Waals surface area contributed by atoms with Gasteiger partial charge in [0.15, 0.2) is 0 Å². The first-order valence-corrected chi connectivity index (χ1v) is 8.59. The standard InChI is InChI=1S/C19H19ClFN3O4/c1-24(11-17(25)23-15-9-13(20)5-8-16(15)28-2)18(26)10-22-19(27)12-3-6-14(21)7-4-12/h3-9H,10-11H2,1-2H3,(H,22,27)(H,23,25). The Hall–Kier alpha value is -3.13. The number of hydrogen-bond donors (Lipinski definition) is 2. The number of amides is 3. The lowest BCUT2D eigenvalue weighted by Crippen LogP contribution is -2.41. The SMILES string of the molecule is COc1ccc(Cl)cc1NC(=O)CN(C)C(=O)CNC(=O)c1ccc(F)cc1. The molecule has 9 heteroatoms. The number of anilines is 1. The third-order valence-corrected chi connectivity index (χ3v) is 3.98. The van der Waals surface area contributed by atoms with Gasteiger partial charge in [-0.1, -0.05) is 11.6 Å². The lowest BCUT2D eigenvalue weighted by molar-refractivity contribution is -0.132. The van der Waals surface area contributed by atoms with Gasteiger partial charge in [-0.25, -0.2) is 4.39 Å². The van der Waals surface area contributed by atoms with Crippen LogP contribution < -0.4 is 15.4 Å². The second kappa shape index (κ2) is 9.70. The van der Waals surface area contributed by atoms with Gasteiger partial charge in [0.2, 0.25) is 11.8 Å². The Morgan fingerprint density at radius 2 is 1.82 bits per heavy atom. The summed E-state index contributed by atoms with van der Waals surface area (Å²) < 4.78 is 18.0. The van der Waals surface area contributed by atoms with E-state index in [2.05, 4.69) is 10.6 Å². The number of hydrogen-bond acceptors (Lipinski definition) is 4. The number of nitrogens with zero attached hydrogens (tertiary/aromatic N) is 1. The predicted molar refractivity (Wildman–Crippen MR) is 103 cm³/mol. The van der Waals surface area contributed by atoms with E-state index in [0.29, 0.717) is 16.5 Å². The summed E-state index contributed by atoms with van der Waals surface area (Å²) in [5.74, 6) is -1.48. The van der Waals surface area contributed by atoms with Crippen molar-refractivity contribution in [3.8, 4) is 5.75 Å². The van der Waals surface area contributed by atoms with Gasteiger partial charge in [-0.15, -0.1) is 0 Å². The van der Waals surface area contributed by atoms with Crippen molar-refractivity contribution in [1.29, 1.82) is 0 Å². The van der Waals surface area contributed by atoms with Gasteiger partial charge in [0.05, 0.1) is 25.9 Å². The molecule has 3 amide bonds. The molecule has 0 aliphatic heterocycles. The summed E-state index contributed by atoms with van der Waals surface area (Å²) in [5.41, 5.74) is 0.605. The van der Waals surface area contributed by atoms with E-state index in [-0.39, 0.29) is 18.7 Å². The third-order valence-electron chi connectivity index (χ3n) is 3.75. The van der Waals surface area contributed by atoms with Crippen molar-refractivity contribution in [3.63, 3.8) is 0 Å². The van der Waals surface area contributed by atoms with E-state index in [9.17, 15) is 18.8 Å². The van der Waals surface area contributed by atoms with Gasteiger partial charge in [-0.3, -0.25) is 14.4 Å². The maximum absolute atomic E-state index is 12.9. The van der Waals surface area contributed by atoms with Crippen LogP contribution in [0.15, 0.2) is 42.5 Å². The topological polar surface area (TPSA) is 87.7 Å². The average Bonchev–Trinajstić information content (AvgIpc) is 2.66. The van der Waals surface area contributed by atoms with Gasteiger partial charge in [0.25, 0.3) is 5.91 Å². The minimum atomic E-state index is -0.519. The zero-order chi connectivity index (χ0) is 20.7. The molecule has 0 aliphatic carbocycles. The Morgan fingerprint density at radius 3 is 2.46 bits per heavy atom. The molecule has 0 bridgehead atoms. The molecule has 0 unspecified atom stereocenters. The van der Waals surface area contributed by atoms with Crippen molar-refractivity contribution in [2.24, 2.45) is 0 Å². The maximum atomic E-state index is 12.9. The number of rotatable bonds is 7. The smallest absolute Gasteiger partial charge is 0.251 e. The second-order valence-electron chi connectivity index (χ2n) is 5.83. The van der Waals surface area contributed by atoms with Gasteiger partial charge in [-0.2, -0.15) is 0 Å². The molecule has 2 rings (SSSR count). The van der Waals surface area contributed by atoms with Gasteiger partial charge in [0, 0.05) is 17.6 Å². The zero-order valence-electron chi connectivity index (χ0n) is 15.3. The minimum absolute atomic E-state index is 0.225. The van der Waals surface area contributed by atoms with Crippen LogP contribution >= 0.6 is 11.6 Å². The number of halogens is 2. The molecular formula is C19H19ClFN3O4. The summed E-state index contributed by atoms with van der Waals surface area (Å²) in [7, 11) is 2.89. The van der Waals surface area contributed by atoms with Gasteiger partial charge < -0.3 is 20.3 Å². The molecule has 0 aromatic heterocycles. The Balaban J connectivity index is 1.86. The van der Waals surface area contributed by atoms with E-state index in [1.54, 1.807) is 12.1 Å². The van der Waals surface area contributed by atoms with Crippen LogP contribution in [0.3, 0.4) is 0 Å². The summed E-state index contributed by atoms with van der Waals surface area (Å²) in [6.45, 7) is -0.540. The van der Waals surface area contributed by atoms with Crippen LogP contribution in [0.25, 0.3) is 0 Å². The van der Waals surface area contributed by atoms with Crippen LogP contribution in [0.4, 0.5) is 10.1 Å². The molecule has 0 saturated heterocycles. The summed E-state index contributed by atoms with van der Waals surface area (Å²) in [5, 5.41) is 5.47. The molecule has 0 heterocycles. The lowest BCUT2D eigenvalue weighted by atomic mass is 10.2. The van der Waals surface area contributed by atoms with Crippen LogP contribution in [0, 0.1) is 5.82 Å². The molecule has 2 N–H and O–H groups in total.